The normalized spacial score (nSPS) is 18.4. The first-order chi connectivity index (χ1) is 20.5. The van der Waals surface area contributed by atoms with Gasteiger partial charge in [-0.2, -0.15) is 0 Å². The standard InChI is InChI=1S/C15H21N3O4.C12H13N3O5S/c1-2-22-15(19)17-11-4-3-10-16(17)12-9-13-5-7-14(8-6-13)18(20)21;16-12-11(9-3-5-10(6-4-9)15(17)18)21(19,20)14-8-2-1-7-13(12)14/h5-8H,2-4,9-12H2,1H3;3-6,16H,1-2,7-8H2. The number of rotatable bonds is 7. The highest BCUT2D eigenvalue weighted by atomic mass is 32.2. The van der Waals surface area contributed by atoms with E-state index in [-0.39, 0.29) is 33.8 Å². The SMILES string of the molecule is CCOC(=O)N1CCCCN1CCc1ccc([N+](=O)[O-])cc1.O=[N+]([O-])c1ccc(C2=C(O)N3CCCCN3S2(=O)=O)cc1. The maximum atomic E-state index is 12.5. The van der Waals surface area contributed by atoms with Crippen molar-refractivity contribution in [3.8, 4) is 0 Å². The number of hydrogen-bond donors (Lipinski definition) is 1. The molecule has 5 rings (SSSR count). The first-order valence-corrected chi connectivity index (χ1v) is 15.4. The van der Waals surface area contributed by atoms with Gasteiger partial charge in [0.2, 0.25) is 5.88 Å². The second-order valence-electron chi connectivity index (χ2n) is 9.99. The van der Waals surface area contributed by atoms with Gasteiger partial charge in [0, 0.05) is 62.6 Å². The third kappa shape index (κ3) is 7.21. The smallest absolute Gasteiger partial charge is 0.424 e. The molecule has 0 saturated carbocycles. The number of amides is 1. The Labute approximate surface area is 248 Å². The highest BCUT2D eigenvalue weighted by Crippen LogP contribution is 2.38. The fourth-order valence-corrected chi connectivity index (χ4v) is 6.82. The van der Waals surface area contributed by atoms with Crippen LogP contribution >= 0.6 is 0 Å². The van der Waals surface area contributed by atoms with E-state index in [9.17, 15) is 38.5 Å². The summed E-state index contributed by atoms with van der Waals surface area (Å²) >= 11 is 0. The molecule has 0 aliphatic carbocycles. The fourth-order valence-electron chi connectivity index (χ4n) is 5.05. The number of hydrazine groups is 2. The van der Waals surface area contributed by atoms with E-state index in [4.69, 9.17) is 4.74 Å². The highest BCUT2D eigenvalue weighted by Gasteiger charge is 2.45. The Kier molecular flexibility index (Phi) is 10.2. The van der Waals surface area contributed by atoms with Crippen LogP contribution in [0.5, 0.6) is 0 Å². The monoisotopic (exact) mass is 618 g/mol. The van der Waals surface area contributed by atoms with Crippen molar-refractivity contribution >= 4 is 32.4 Å². The molecule has 15 nitrogen and oxygen atoms in total. The van der Waals surface area contributed by atoms with Gasteiger partial charge in [0.05, 0.1) is 16.5 Å². The van der Waals surface area contributed by atoms with Crippen molar-refractivity contribution in [2.24, 2.45) is 0 Å². The van der Waals surface area contributed by atoms with Crippen LogP contribution in [0, 0.1) is 20.2 Å². The Morgan fingerprint density at radius 3 is 2.02 bits per heavy atom. The van der Waals surface area contributed by atoms with Crippen LogP contribution in [0.2, 0.25) is 0 Å². The minimum atomic E-state index is -3.80. The molecule has 43 heavy (non-hydrogen) atoms. The Hall–Kier alpha value is -4.28. The van der Waals surface area contributed by atoms with Crippen LogP contribution in [0.3, 0.4) is 0 Å². The lowest BCUT2D eigenvalue weighted by Gasteiger charge is -2.37. The summed E-state index contributed by atoms with van der Waals surface area (Å²) in [5.74, 6) is -0.316. The fraction of sp³-hybridized carbons (Fsp3) is 0.444. The van der Waals surface area contributed by atoms with E-state index >= 15 is 0 Å². The number of aliphatic hydroxyl groups excluding tert-OH is 1. The Balaban J connectivity index is 0.000000197. The summed E-state index contributed by atoms with van der Waals surface area (Å²) in [7, 11) is -3.80. The average Bonchev–Trinajstić information content (AvgIpc) is 3.21. The molecule has 1 amide bonds. The van der Waals surface area contributed by atoms with Crippen molar-refractivity contribution in [2.75, 3.05) is 39.3 Å². The molecule has 2 fully saturated rings. The van der Waals surface area contributed by atoms with Crippen LogP contribution in [0.15, 0.2) is 54.4 Å². The van der Waals surface area contributed by atoms with Gasteiger partial charge in [-0.1, -0.05) is 12.1 Å². The Morgan fingerprint density at radius 2 is 1.44 bits per heavy atom. The van der Waals surface area contributed by atoms with Crippen molar-refractivity contribution in [3.05, 3.63) is 85.8 Å². The van der Waals surface area contributed by atoms with Crippen LogP contribution in [0.1, 0.15) is 43.7 Å². The zero-order valence-corrected chi connectivity index (χ0v) is 24.5. The Morgan fingerprint density at radius 1 is 0.884 bits per heavy atom. The summed E-state index contributed by atoms with van der Waals surface area (Å²) in [6, 6.07) is 11.6. The minimum Gasteiger partial charge on any atom is -0.493 e. The van der Waals surface area contributed by atoms with Gasteiger partial charge in [-0.05, 0) is 56.7 Å². The predicted octanol–water partition coefficient (Wildman–Crippen LogP) is 4.04. The number of carbonyl (C=O) groups is 1. The van der Waals surface area contributed by atoms with Crippen molar-refractivity contribution in [3.63, 3.8) is 0 Å². The van der Waals surface area contributed by atoms with E-state index in [1.54, 1.807) is 24.1 Å². The molecule has 0 unspecified atom stereocenters. The third-order valence-corrected chi connectivity index (χ3v) is 9.09. The number of hydrogen-bond acceptors (Lipinski definition) is 11. The van der Waals surface area contributed by atoms with Gasteiger partial charge < -0.3 is 9.84 Å². The summed E-state index contributed by atoms with van der Waals surface area (Å²) in [6.45, 7) is 5.11. The summed E-state index contributed by atoms with van der Waals surface area (Å²) in [5.41, 5.74) is 1.22. The van der Waals surface area contributed by atoms with Crippen molar-refractivity contribution in [1.82, 2.24) is 19.4 Å². The maximum Gasteiger partial charge on any atom is 0.424 e. The van der Waals surface area contributed by atoms with Crippen molar-refractivity contribution < 1.29 is 32.9 Å². The molecule has 2 aromatic carbocycles. The number of sulfonamides is 1. The molecule has 1 N–H and O–H groups in total. The molecule has 0 bridgehead atoms. The number of nitrogens with zero attached hydrogens (tertiary/aromatic N) is 6. The molecule has 0 aromatic heterocycles. The molecule has 2 saturated heterocycles. The molecule has 0 atom stereocenters. The molecular weight excluding hydrogens is 584 g/mol. The van der Waals surface area contributed by atoms with Crippen LogP contribution in [-0.4, -0.2) is 88.2 Å². The number of ether oxygens (including phenoxy) is 1. The lowest BCUT2D eigenvalue weighted by atomic mass is 10.1. The van der Waals surface area contributed by atoms with Gasteiger partial charge in [-0.15, -0.1) is 4.41 Å². The lowest BCUT2D eigenvalue weighted by Crippen LogP contribution is -2.51. The lowest BCUT2D eigenvalue weighted by molar-refractivity contribution is -0.385. The minimum absolute atomic E-state index is 0.0925. The molecule has 3 heterocycles. The topological polar surface area (TPSA) is 180 Å². The first kappa shape index (κ1) is 31.7. The molecule has 3 aliphatic rings. The van der Waals surface area contributed by atoms with Gasteiger partial charge in [-0.25, -0.2) is 23.2 Å². The van der Waals surface area contributed by atoms with Crippen molar-refractivity contribution in [2.45, 2.75) is 39.0 Å². The maximum absolute atomic E-state index is 12.5. The predicted molar refractivity (Wildman–Crippen MR) is 156 cm³/mol. The second-order valence-corrected chi connectivity index (χ2v) is 11.8. The summed E-state index contributed by atoms with van der Waals surface area (Å²) in [4.78, 5) is 32.0. The zero-order chi connectivity index (χ0) is 31.1. The van der Waals surface area contributed by atoms with E-state index in [1.807, 2.05) is 5.01 Å². The molecule has 3 aliphatic heterocycles. The average molecular weight is 619 g/mol. The van der Waals surface area contributed by atoms with E-state index < -0.39 is 19.9 Å². The molecule has 0 radical (unpaired) electrons. The van der Waals surface area contributed by atoms with Gasteiger partial charge in [-0.3, -0.25) is 25.2 Å². The highest BCUT2D eigenvalue weighted by molar-refractivity contribution is 7.98. The number of carbonyl (C=O) groups excluding carboxylic acids is 1. The molecular formula is C27H34N6O9S. The number of non-ortho nitro benzene ring substituents is 2. The summed E-state index contributed by atoms with van der Waals surface area (Å²) < 4.78 is 31.2. The molecule has 232 valence electrons. The van der Waals surface area contributed by atoms with Crippen LogP contribution in [0.4, 0.5) is 16.2 Å². The molecule has 0 spiro atoms. The molecule has 16 heteroatoms. The van der Waals surface area contributed by atoms with Gasteiger partial charge >= 0.3 is 6.09 Å². The third-order valence-electron chi connectivity index (χ3n) is 7.22. The quantitative estimate of drug-likeness (QED) is 0.349. The van der Waals surface area contributed by atoms with Crippen molar-refractivity contribution in [1.29, 1.82) is 0 Å². The van der Waals surface area contributed by atoms with Gasteiger partial charge in [0.25, 0.3) is 21.4 Å². The summed E-state index contributed by atoms with van der Waals surface area (Å²) in [6.07, 6.45) is 3.99. The van der Waals surface area contributed by atoms with E-state index in [2.05, 4.69) is 0 Å². The summed E-state index contributed by atoms with van der Waals surface area (Å²) in [5, 5.41) is 36.5. The largest absolute Gasteiger partial charge is 0.493 e. The van der Waals surface area contributed by atoms with E-state index in [1.165, 1.54) is 41.4 Å². The second kappa shape index (κ2) is 13.8. The zero-order valence-electron chi connectivity index (χ0n) is 23.7. The number of fused-ring (bicyclic) bond motifs is 1. The van der Waals surface area contributed by atoms with E-state index in [0.29, 0.717) is 32.8 Å². The van der Waals surface area contributed by atoms with Gasteiger partial charge in [0.1, 0.15) is 0 Å². The molecule has 2 aromatic rings. The number of nitro groups is 2. The Bertz CT molecular complexity index is 1460. The number of aliphatic hydroxyl groups is 1. The van der Waals surface area contributed by atoms with E-state index in [0.717, 1.165) is 48.6 Å². The van der Waals surface area contributed by atoms with Crippen LogP contribution in [-0.2, 0) is 21.2 Å². The first-order valence-electron chi connectivity index (χ1n) is 13.9. The van der Waals surface area contributed by atoms with Crippen LogP contribution in [0.25, 0.3) is 4.91 Å². The number of benzene rings is 2. The number of nitro benzene ring substituents is 2. The van der Waals surface area contributed by atoms with Crippen LogP contribution < -0.4 is 0 Å². The van der Waals surface area contributed by atoms with Gasteiger partial charge in [0.15, 0.2) is 4.91 Å².